The van der Waals surface area contributed by atoms with Crippen LogP contribution in [0.25, 0.3) is 11.0 Å². The van der Waals surface area contributed by atoms with E-state index in [1.54, 1.807) is 25.2 Å². The number of aromatic amines is 1. The van der Waals surface area contributed by atoms with Gasteiger partial charge in [0.2, 0.25) is 0 Å². The number of sulfonamides is 1. The lowest BCUT2D eigenvalue weighted by Crippen LogP contribution is -2.27. The first-order valence-electron chi connectivity index (χ1n) is 7.31. The minimum Gasteiger partial charge on any atom is -0.342 e. The second-order valence-electron chi connectivity index (χ2n) is 5.77. The number of nitrogens with one attached hydrogen (secondary N) is 1. The van der Waals surface area contributed by atoms with Crippen molar-refractivity contribution in [3.05, 3.63) is 53.3 Å². The Kier molecular flexibility index (Phi) is 3.64. The zero-order chi connectivity index (χ0) is 16.8. The number of hydrogen-bond acceptors (Lipinski definition) is 3. The Morgan fingerprint density at radius 1 is 1.04 bits per heavy atom. The summed E-state index contributed by atoms with van der Waals surface area (Å²) < 4.78 is 27.1. The van der Waals surface area contributed by atoms with E-state index in [4.69, 9.17) is 0 Å². The van der Waals surface area contributed by atoms with E-state index < -0.39 is 10.0 Å². The summed E-state index contributed by atoms with van der Waals surface area (Å²) in [7, 11) is -2.03. The Labute approximate surface area is 136 Å². The molecule has 3 rings (SSSR count). The molecule has 0 saturated heterocycles. The number of anilines is 1. The van der Waals surface area contributed by atoms with E-state index in [0.29, 0.717) is 10.6 Å². The van der Waals surface area contributed by atoms with Gasteiger partial charge in [-0.25, -0.2) is 13.4 Å². The zero-order valence-electron chi connectivity index (χ0n) is 13.6. The van der Waals surface area contributed by atoms with Crippen LogP contribution in [0.2, 0.25) is 0 Å². The summed E-state index contributed by atoms with van der Waals surface area (Å²) in [6, 6.07) is 10.7. The zero-order valence-corrected chi connectivity index (χ0v) is 14.4. The van der Waals surface area contributed by atoms with Gasteiger partial charge in [0.15, 0.2) is 0 Å². The standard InChI is InChI=1S/C17H19N3O2S/c1-11-5-8-17(12(2)9-11)23(21,22)20(4)14-6-7-15-16(10-14)19-13(3)18-15/h5-10H,1-4H3,(H,18,19). The van der Waals surface area contributed by atoms with Gasteiger partial charge in [-0.2, -0.15) is 0 Å². The molecule has 0 bridgehead atoms. The quantitative estimate of drug-likeness (QED) is 0.801. The van der Waals surface area contributed by atoms with Crippen LogP contribution in [0.15, 0.2) is 41.3 Å². The number of H-pyrrole nitrogens is 1. The van der Waals surface area contributed by atoms with Crippen LogP contribution in [0.5, 0.6) is 0 Å². The Morgan fingerprint density at radius 2 is 1.78 bits per heavy atom. The first-order valence-corrected chi connectivity index (χ1v) is 8.75. The maximum absolute atomic E-state index is 12.9. The second kappa shape index (κ2) is 5.38. The van der Waals surface area contributed by atoms with Gasteiger partial charge in [0.25, 0.3) is 10.0 Å². The predicted octanol–water partition coefficient (Wildman–Crippen LogP) is 3.31. The number of hydrogen-bond donors (Lipinski definition) is 1. The summed E-state index contributed by atoms with van der Waals surface area (Å²) >= 11 is 0. The minimum atomic E-state index is -3.60. The van der Waals surface area contributed by atoms with E-state index in [9.17, 15) is 8.42 Å². The van der Waals surface area contributed by atoms with E-state index in [-0.39, 0.29) is 0 Å². The molecule has 0 aliphatic heterocycles. The monoisotopic (exact) mass is 329 g/mol. The van der Waals surface area contributed by atoms with Crippen molar-refractivity contribution in [2.24, 2.45) is 0 Å². The summed E-state index contributed by atoms with van der Waals surface area (Å²) in [6.07, 6.45) is 0. The lowest BCUT2D eigenvalue weighted by Gasteiger charge is -2.21. The van der Waals surface area contributed by atoms with Gasteiger partial charge >= 0.3 is 0 Å². The van der Waals surface area contributed by atoms with E-state index in [0.717, 1.165) is 28.0 Å². The SMILES string of the molecule is Cc1ccc(S(=O)(=O)N(C)c2ccc3nc(C)[nH]c3c2)c(C)c1. The molecule has 0 amide bonds. The van der Waals surface area contributed by atoms with E-state index in [1.807, 2.05) is 39.0 Å². The smallest absolute Gasteiger partial charge is 0.264 e. The highest BCUT2D eigenvalue weighted by Gasteiger charge is 2.23. The van der Waals surface area contributed by atoms with Crippen LogP contribution in [0.3, 0.4) is 0 Å². The van der Waals surface area contributed by atoms with Crippen LogP contribution >= 0.6 is 0 Å². The molecule has 6 heteroatoms. The fourth-order valence-electron chi connectivity index (χ4n) is 2.70. The number of imidazole rings is 1. The maximum Gasteiger partial charge on any atom is 0.264 e. The number of nitrogens with zero attached hydrogens (tertiary/aromatic N) is 2. The molecular formula is C17H19N3O2S. The van der Waals surface area contributed by atoms with Gasteiger partial charge in [-0.3, -0.25) is 4.31 Å². The van der Waals surface area contributed by atoms with E-state index >= 15 is 0 Å². The number of fused-ring (bicyclic) bond motifs is 1. The summed E-state index contributed by atoms with van der Waals surface area (Å²) in [5.41, 5.74) is 4.03. The van der Waals surface area contributed by atoms with Crippen molar-refractivity contribution in [1.29, 1.82) is 0 Å². The topological polar surface area (TPSA) is 66.1 Å². The van der Waals surface area contributed by atoms with Crippen LogP contribution in [0.1, 0.15) is 17.0 Å². The Balaban J connectivity index is 2.07. The van der Waals surface area contributed by atoms with Crippen LogP contribution in [0, 0.1) is 20.8 Å². The summed E-state index contributed by atoms with van der Waals surface area (Å²) in [4.78, 5) is 7.79. The Morgan fingerprint density at radius 3 is 2.48 bits per heavy atom. The Bertz CT molecular complexity index is 990. The molecule has 5 nitrogen and oxygen atoms in total. The molecule has 0 unspecified atom stereocenters. The van der Waals surface area contributed by atoms with Gasteiger partial charge in [0.05, 0.1) is 21.6 Å². The minimum absolute atomic E-state index is 0.325. The van der Waals surface area contributed by atoms with Gasteiger partial charge in [-0.1, -0.05) is 17.7 Å². The van der Waals surface area contributed by atoms with Crippen molar-refractivity contribution in [3.63, 3.8) is 0 Å². The van der Waals surface area contributed by atoms with Gasteiger partial charge in [-0.15, -0.1) is 0 Å². The molecule has 0 saturated carbocycles. The lowest BCUT2D eigenvalue weighted by atomic mass is 10.2. The summed E-state index contributed by atoms with van der Waals surface area (Å²) in [6.45, 7) is 5.63. The van der Waals surface area contributed by atoms with Gasteiger partial charge in [0.1, 0.15) is 5.82 Å². The van der Waals surface area contributed by atoms with Crippen LogP contribution in [-0.2, 0) is 10.0 Å². The Hall–Kier alpha value is -2.34. The third-order valence-electron chi connectivity index (χ3n) is 3.92. The van der Waals surface area contributed by atoms with Crippen molar-refractivity contribution < 1.29 is 8.42 Å². The predicted molar refractivity (Wildman–Crippen MR) is 92.3 cm³/mol. The van der Waals surface area contributed by atoms with Crippen LogP contribution in [0.4, 0.5) is 5.69 Å². The molecule has 1 aromatic heterocycles. The highest BCUT2D eigenvalue weighted by Crippen LogP contribution is 2.27. The third kappa shape index (κ3) is 2.70. The van der Waals surface area contributed by atoms with Crippen LogP contribution < -0.4 is 4.31 Å². The van der Waals surface area contributed by atoms with Crippen molar-refractivity contribution in [2.45, 2.75) is 25.7 Å². The number of benzene rings is 2. The van der Waals surface area contributed by atoms with Gasteiger partial charge in [0, 0.05) is 7.05 Å². The second-order valence-corrected chi connectivity index (χ2v) is 7.70. The van der Waals surface area contributed by atoms with Crippen molar-refractivity contribution in [1.82, 2.24) is 9.97 Å². The molecule has 0 aliphatic rings. The van der Waals surface area contributed by atoms with Crippen LogP contribution in [-0.4, -0.2) is 25.4 Å². The highest BCUT2D eigenvalue weighted by molar-refractivity contribution is 7.92. The average Bonchev–Trinajstić information content (AvgIpc) is 2.85. The molecule has 1 heterocycles. The van der Waals surface area contributed by atoms with E-state index in [2.05, 4.69) is 9.97 Å². The average molecular weight is 329 g/mol. The molecule has 120 valence electrons. The summed E-state index contributed by atoms with van der Waals surface area (Å²) in [5.74, 6) is 0.803. The summed E-state index contributed by atoms with van der Waals surface area (Å²) in [5, 5.41) is 0. The number of aromatic nitrogens is 2. The fraction of sp³-hybridized carbons (Fsp3) is 0.235. The molecule has 0 aliphatic carbocycles. The molecule has 0 fully saturated rings. The van der Waals surface area contributed by atoms with Gasteiger partial charge < -0.3 is 4.98 Å². The molecule has 0 spiro atoms. The first kappa shape index (κ1) is 15.6. The largest absolute Gasteiger partial charge is 0.342 e. The van der Waals surface area contributed by atoms with E-state index in [1.165, 1.54) is 4.31 Å². The van der Waals surface area contributed by atoms with Crippen molar-refractivity contribution in [2.75, 3.05) is 11.4 Å². The van der Waals surface area contributed by atoms with Crippen molar-refractivity contribution in [3.8, 4) is 0 Å². The normalized spacial score (nSPS) is 11.8. The molecule has 1 N–H and O–H groups in total. The molecule has 0 radical (unpaired) electrons. The maximum atomic E-state index is 12.9. The lowest BCUT2D eigenvalue weighted by molar-refractivity contribution is 0.594. The number of aryl methyl sites for hydroxylation is 3. The molecule has 2 aromatic carbocycles. The van der Waals surface area contributed by atoms with Crippen molar-refractivity contribution >= 4 is 26.7 Å². The molecule has 0 atom stereocenters. The first-order chi connectivity index (χ1) is 10.8. The fourth-order valence-corrected chi connectivity index (χ4v) is 4.09. The van der Waals surface area contributed by atoms with Gasteiger partial charge in [-0.05, 0) is 50.6 Å². The molecular weight excluding hydrogens is 310 g/mol. The highest BCUT2D eigenvalue weighted by atomic mass is 32.2. The molecule has 23 heavy (non-hydrogen) atoms. The number of rotatable bonds is 3. The molecule has 3 aromatic rings. The third-order valence-corrected chi connectivity index (χ3v) is 5.86.